The van der Waals surface area contributed by atoms with Crippen molar-refractivity contribution in [2.24, 2.45) is 0 Å². The minimum absolute atomic E-state index is 0.124. The lowest BCUT2D eigenvalue weighted by atomic mass is 10.2. The van der Waals surface area contributed by atoms with Gasteiger partial charge in [-0.05, 0) is 35.9 Å². The Morgan fingerprint density at radius 1 is 1.20 bits per heavy atom. The summed E-state index contributed by atoms with van der Waals surface area (Å²) in [5, 5.41) is 3.26. The minimum atomic E-state index is -0.426. The van der Waals surface area contributed by atoms with Crippen LogP contribution in [-0.2, 0) is 6.54 Å². The van der Waals surface area contributed by atoms with E-state index in [2.05, 4.69) is 11.9 Å². The lowest BCUT2D eigenvalue weighted by Gasteiger charge is -2.08. The van der Waals surface area contributed by atoms with E-state index in [1.54, 1.807) is 12.1 Å². The molecule has 2 nitrogen and oxygen atoms in total. The summed E-state index contributed by atoms with van der Waals surface area (Å²) in [4.78, 5) is 0. The summed E-state index contributed by atoms with van der Waals surface area (Å²) < 4.78 is 18.7. The zero-order chi connectivity index (χ0) is 14.4. The van der Waals surface area contributed by atoms with Crippen LogP contribution in [-0.4, -0.2) is 6.61 Å². The van der Waals surface area contributed by atoms with Crippen molar-refractivity contribution in [3.05, 3.63) is 71.5 Å². The van der Waals surface area contributed by atoms with Gasteiger partial charge < -0.3 is 10.1 Å². The highest BCUT2D eigenvalue weighted by Crippen LogP contribution is 2.19. The number of rotatable bonds is 6. The van der Waals surface area contributed by atoms with Gasteiger partial charge in [-0.3, -0.25) is 0 Å². The molecular formula is C16H15ClFNO. The maximum absolute atomic E-state index is 13.3. The van der Waals surface area contributed by atoms with E-state index < -0.39 is 5.82 Å². The van der Waals surface area contributed by atoms with Crippen LogP contribution in [0.4, 0.5) is 10.1 Å². The molecule has 1 N–H and O–H groups in total. The molecule has 0 aromatic heterocycles. The quantitative estimate of drug-likeness (QED) is 0.782. The molecule has 0 saturated carbocycles. The monoisotopic (exact) mass is 291 g/mol. The number of hydrogen-bond donors (Lipinski definition) is 1. The average Bonchev–Trinajstić information content (AvgIpc) is 2.47. The first-order valence-electron chi connectivity index (χ1n) is 6.20. The summed E-state index contributed by atoms with van der Waals surface area (Å²) in [5.74, 6) is 0.371. The van der Waals surface area contributed by atoms with Crippen LogP contribution in [0, 0.1) is 5.82 Å². The first kappa shape index (κ1) is 14.4. The topological polar surface area (TPSA) is 21.3 Å². The molecule has 0 radical (unpaired) electrons. The van der Waals surface area contributed by atoms with Gasteiger partial charge in [0.25, 0.3) is 0 Å². The Balaban J connectivity index is 1.93. The van der Waals surface area contributed by atoms with Gasteiger partial charge in [-0.1, -0.05) is 36.4 Å². The van der Waals surface area contributed by atoms with Gasteiger partial charge in [0.05, 0.1) is 5.02 Å². The van der Waals surface area contributed by atoms with Crippen LogP contribution in [0.1, 0.15) is 5.56 Å². The summed E-state index contributed by atoms with van der Waals surface area (Å²) in [6.45, 7) is 4.68. The van der Waals surface area contributed by atoms with E-state index in [4.69, 9.17) is 16.3 Å². The SMILES string of the molecule is C=CCOc1ccc(CNc2ccc(Cl)c(F)c2)cc1. The highest BCUT2D eigenvalue weighted by Gasteiger charge is 2.01. The third-order valence-electron chi connectivity index (χ3n) is 2.71. The first-order valence-corrected chi connectivity index (χ1v) is 6.58. The van der Waals surface area contributed by atoms with E-state index in [-0.39, 0.29) is 5.02 Å². The molecule has 0 amide bonds. The van der Waals surface area contributed by atoms with Crippen molar-refractivity contribution in [1.29, 1.82) is 0 Å². The average molecular weight is 292 g/mol. The van der Waals surface area contributed by atoms with E-state index >= 15 is 0 Å². The number of halogens is 2. The van der Waals surface area contributed by atoms with Crippen molar-refractivity contribution in [3.8, 4) is 5.75 Å². The van der Waals surface area contributed by atoms with Crippen LogP contribution in [0.2, 0.25) is 5.02 Å². The third kappa shape index (κ3) is 4.00. The maximum Gasteiger partial charge on any atom is 0.143 e. The van der Waals surface area contributed by atoms with Crippen molar-refractivity contribution in [2.75, 3.05) is 11.9 Å². The van der Waals surface area contributed by atoms with Crippen molar-refractivity contribution in [2.45, 2.75) is 6.54 Å². The molecule has 4 heteroatoms. The molecule has 0 fully saturated rings. The predicted molar refractivity (Wildman–Crippen MR) is 80.9 cm³/mol. The molecule has 20 heavy (non-hydrogen) atoms. The Morgan fingerprint density at radius 2 is 1.95 bits per heavy atom. The Hall–Kier alpha value is -2.00. The standard InChI is InChI=1S/C16H15ClFNO/c1-2-9-20-14-6-3-12(4-7-14)11-19-13-5-8-15(17)16(18)10-13/h2-8,10,19H,1,9,11H2. The summed E-state index contributed by atoms with van der Waals surface area (Å²) in [6.07, 6.45) is 1.70. The van der Waals surface area contributed by atoms with Gasteiger partial charge >= 0.3 is 0 Å². The first-order chi connectivity index (χ1) is 9.69. The molecular weight excluding hydrogens is 277 g/mol. The van der Waals surface area contributed by atoms with E-state index in [9.17, 15) is 4.39 Å². The summed E-state index contributed by atoms with van der Waals surface area (Å²) in [5.41, 5.74) is 1.77. The van der Waals surface area contributed by atoms with Crippen LogP contribution < -0.4 is 10.1 Å². The molecule has 2 aromatic rings. The fourth-order valence-corrected chi connectivity index (χ4v) is 1.79. The van der Waals surface area contributed by atoms with Crippen LogP contribution in [0.25, 0.3) is 0 Å². The lowest BCUT2D eigenvalue weighted by Crippen LogP contribution is -2.00. The molecule has 0 atom stereocenters. The van der Waals surface area contributed by atoms with Gasteiger partial charge in [-0.15, -0.1) is 0 Å². The third-order valence-corrected chi connectivity index (χ3v) is 3.01. The molecule has 104 valence electrons. The Kier molecular flexibility index (Phi) is 5.02. The Labute approximate surface area is 122 Å². The molecule has 0 bridgehead atoms. The molecule has 2 aromatic carbocycles. The van der Waals surface area contributed by atoms with Crippen LogP contribution in [0.15, 0.2) is 55.1 Å². The van der Waals surface area contributed by atoms with Gasteiger partial charge in [0, 0.05) is 12.2 Å². The molecule has 0 aliphatic heterocycles. The fourth-order valence-electron chi connectivity index (χ4n) is 1.67. The number of hydrogen-bond acceptors (Lipinski definition) is 2. The molecule has 0 spiro atoms. The van der Waals surface area contributed by atoms with E-state index in [1.165, 1.54) is 12.1 Å². The molecule has 0 unspecified atom stereocenters. The van der Waals surface area contributed by atoms with Gasteiger partial charge in [0.2, 0.25) is 0 Å². The summed E-state index contributed by atoms with van der Waals surface area (Å²) in [7, 11) is 0. The highest BCUT2D eigenvalue weighted by atomic mass is 35.5. The Morgan fingerprint density at radius 3 is 2.60 bits per heavy atom. The number of anilines is 1. The largest absolute Gasteiger partial charge is 0.490 e. The van der Waals surface area contributed by atoms with Gasteiger partial charge in [-0.2, -0.15) is 0 Å². The number of ether oxygens (including phenoxy) is 1. The van der Waals surface area contributed by atoms with E-state index in [0.29, 0.717) is 18.8 Å². The zero-order valence-electron chi connectivity index (χ0n) is 10.9. The second-order valence-electron chi connectivity index (χ2n) is 4.23. The predicted octanol–water partition coefficient (Wildman–Crippen LogP) is 4.66. The molecule has 0 aliphatic rings. The minimum Gasteiger partial charge on any atom is -0.490 e. The number of nitrogens with one attached hydrogen (secondary N) is 1. The van der Waals surface area contributed by atoms with Crippen LogP contribution >= 0.6 is 11.6 Å². The second kappa shape index (κ2) is 6.96. The zero-order valence-corrected chi connectivity index (χ0v) is 11.7. The normalized spacial score (nSPS) is 10.1. The van der Waals surface area contributed by atoms with Gasteiger partial charge in [-0.25, -0.2) is 4.39 Å². The maximum atomic E-state index is 13.3. The van der Waals surface area contributed by atoms with Crippen molar-refractivity contribution in [1.82, 2.24) is 0 Å². The summed E-state index contributed by atoms with van der Waals surface area (Å²) in [6, 6.07) is 12.4. The van der Waals surface area contributed by atoms with Crippen molar-refractivity contribution in [3.63, 3.8) is 0 Å². The molecule has 0 saturated heterocycles. The molecule has 0 aliphatic carbocycles. The molecule has 2 rings (SSSR count). The van der Waals surface area contributed by atoms with E-state index in [0.717, 1.165) is 11.3 Å². The molecule has 0 heterocycles. The van der Waals surface area contributed by atoms with Crippen molar-refractivity contribution >= 4 is 17.3 Å². The van der Waals surface area contributed by atoms with Crippen LogP contribution in [0.5, 0.6) is 5.75 Å². The van der Waals surface area contributed by atoms with E-state index in [1.807, 2.05) is 24.3 Å². The highest BCUT2D eigenvalue weighted by molar-refractivity contribution is 6.30. The second-order valence-corrected chi connectivity index (χ2v) is 4.63. The lowest BCUT2D eigenvalue weighted by molar-refractivity contribution is 0.363. The van der Waals surface area contributed by atoms with Gasteiger partial charge in [0.15, 0.2) is 0 Å². The van der Waals surface area contributed by atoms with Crippen molar-refractivity contribution < 1.29 is 9.13 Å². The van der Waals surface area contributed by atoms with Crippen LogP contribution in [0.3, 0.4) is 0 Å². The fraction of sp³-hybridized carbons (Fsp3) is 0.125. The summed E-state index contributed by atoms with van der Waals surface area (Å²) >= 11 is 5.63. The smallest absolute Gasteiger partial charge is 0.143 e. The Bertz CT molecular complexity index is 584. The number of benzene rings is 2. The van der Waals surface area contributed by atoms with Gasteiger partial charge in [0.1, 0.15) is 18.2 Å².